The van der Waals surface area contributed by atoms with Crippen molar-refractivity contribution in [3.05, 3.63) is 47.7 Å². The third-order valence-electron chi connectivity index (χ3n) is 5.59. The number of nitrogens with one attached hydrogen (secondary N) is 1. The summed E-state index contributed by atoms with van der Waals surface area (Å²) >= 11 is 0. The second-order valence-corrected chi connectivity index (χ2v) is 7.89. The van der Waals surface area contributed by atoms with Gasteiger partial charge in [0.25, 0.3) is 0 Å². The van der Waals surface area contributed by atoms with E-state index in [1.54, 1.807) is 0 Å². The number of ketones is 1. The summed E-state index contributed by atoms with van der Waals surface area (Å²) in [7, 11) is 0. The van der Waals surface area contributed by atoms with Crippen molar-refractivity contribution < 1.29 is 14.3 Å². The van der Waals surface area contributed by atoms with E-state index in [0.717, 1.165) is 36.6 Å². The molecular weight excluding hydrogens is 378 g/mol. The number of benzene rings is 1. The Labute approximate surface area is 179 Å². The minimum Gasteiger partial charge on any atom is -0.493 e. The number of hydrogen-bond donors (Lipinski definition) is 2. The number of hydrogen-bond acceptors (Lipinski definition) is 5. The van der Waals surface area contributed by atoms with Gasteiger partial charge in [-0.15, -0.1) is 0 Å². The lowest BCUT2D eigenvalue weighted by Crippen LogP contribution is -2.31. The second-order valence-electron chi connectivity index (χ2n) is 7.89. The van der Waals surface area contributed by atoms with Gasteiger partial charge in [0.2, 0.25) is 5.91 Å². The van der Waals surface area contributed by atoms with E-state index in [1.165, 1.54) is 19.3 Å². The van der Waals surface area contributed by atoms with Crippen LogP contribution in [-0.2, 0) is 9.59 Å². The summed E-state index contributed by atoms with van der Waals surface area (Å²) in [5, 5.41) is 3.44. The molecule has 6 heteroatoms. The highest BCUT2D eigenvalue weighted by Gasteiger charge is 2.38. The van der Waals surface area contributed by atoms with Gasteiger partial charge in [-0.3, -0.25) is 9.59 Å². The number of carbonyl (C=O) groups is 2. The van der Waals surface area contributed by atoms with Crippen LogP contribution in [0.2, 0.25) is 0 Å². The lowest BCUT2D eigenvalue weighted by molar-refractivity contribution is -0.123. The minimum absolute atomic E-state index is 0.0140. The van der Waals surface area contributed by atoms with Gasteiger partial charge in [-0.1, -0.05) is 31.9 Å². The van der Waals surface area contributed by atoms with Crippen LogP contribution in [0.15, 0.2) is 47.7 Å². The molecule has 1 amide bonds. The molecule has 1 unspecified atom stereocenters. The van der Waals surface area contributed by atoms with Gasteiger partial charge >= 0.3 is 0 Å². The van der Waals surface area contributed by atoms with E-state index in [4.69, 9.17) is 10.5 Å². The zero-order chi connectivity index (χ0) is 21.3. The zero-order valence-corrected chi connectivity index (χ0v) is 17.9. The number of nitrogens with zero attached hydrogens (tertiary/aromatic N) is 1. The highest BCUT2D eigenvalue weighted by atomic mass is 16.5. The largest absolute Gasteiger partial charge is 0.493 e. The molecular formula is C24H33N3O3. The Morgan fingerprint density at radius 2 is 2.10 bits per heavy atom. The van der Waals surface area contributed by atoms with Crippen LogP contribution in [0.1, 0.15) is 45.4 Å². The van der Waals surface area contributed by atoms with Crippen molar-refractivity contribution in [3.63, 3.8) is 0 Å². The molecule has 0 fully saturated rings. The highest BCUT2D eigenvalue weighted by Crippen LogP contribution is 2.37. The van der Waals surface area contributed by atoms with Crippen LogP contribution < -0.4 is 20.7 Å². The summed E-state index contributed by atoms with van der Waals surface area (Å²) < 4.78 is 5.93. The first-order chi connectivity index (χ1) is 14.6. The standard InChI is InChI=1S/C24H33N3O3/c1-2-3-6-13-26-14-8-15-30-19-10-7-9-18(16-19)27-17-20(24(25)29)23-21(27)11-4-5-12-22(23)28/h4,7,9-11,16,20,26H,2-3,5-6,8,12-15,17H2,1H3,(H2,25,29). The predicted octanol–water partition coefficient (Wildman–Crippen LogP) is 3.33. The van der Waals surface area contributed by atoms with Crippen LogP contribution in [-0.4, -0.2) is 37.9 Å². The summed E-state index contributed by atoms with van der Waals surface area (Å²) in [6, 6.07) is 7.81. The Balaban J connectivity index is 1.62. The van der Waals surface area contributed by atoms with Crippen LogP contribution in [0.3, 0.4) is 0 Å². The summed E-state index contributed by atoms with van der Waals surface area (Å²) in [4.78, 5) is 26.6. The van der Waals surface area contributed by atoms with E-state index in [-0.39, 0.29) is 5.78 Å². The zero-order valence-electron chi connectivity index (χ0n) is 17.9. The van der Waals surface area contributed by atoms with Gasteiger partial charge in [0, 0.05) is 36.0 Å². The molecule has 0 bridgehead atoms. The van der Waals surface area contributed by atoms with Gasteiger partial charge < -0.3 is 20.7 Å². The van der Waals surface area contributed by atoms with E-state index in [2.05, 4.69) is 12.2 Å². The van der Waals surface area contributed by atoms with Gasteiger partial charge in [0.1, 0.15) is 5.75 Å². The monoisotopic (exact) mass is 411 g/mol. The average molecular weight is 412 g/mol. The van der Waals surface area contributed by atoms with E-state index < -0.39 is 11.8 Å². The predicted molar refractivity (Wildman–Crippen MR) is 119 cm³/mol. The Hall–Kier alpha value is -2.60. The van der Waals surface area contributed by atoms with E-state index >= 15 is 0 Å². The molecule has 1 aromatic rings. The molecule has 0 radical (unpaired) electrons. The lowest BCUT2D eigenvalue weighted by Gasteiger charge is -2.22. The van der Waals surface area contributed by atoms with Crippen LogP contribution in [0.25, 0.3) is 0 Å². The van der Waals surface area contributed by atoms with E-state index in [1.807, 2.05) is 41.3 Å². The molecule has 0 saturated heterocycles. The topological polar surface area (TPSA) is 84.7 Å². The normalized spacial score (nSPS) is 18.5. The van der Waals surface area contributed by atoms with Crippen LogP contribution in [0.4, 0.5) is 5.69 Å². The summed E-state index contributed by atoms with van der Waals surface area (Å²) in [5.74, 6) is -0.224. The first-order valence-electron chi connectivity index (χ1n) is 11.1. The third-order valence-corrected chi connectivity index (χ3v) is 5.59. The fraction of sp³-hybridized carbons (Fsp3) is 0.500. The van der Waals surface area contributed by atoms with E-state index in [9.17, 15) is 9.59 Å². The Kier molecular flexibility index (Phi) is 8.08. The Morgan fingerprint density at radius 3 is 2.90 bits per heavy atom. The first kappa shape index (κ1) is 22.1. The van der Waals surface area contributed by atoms with Crippen molar-refractivity contribution in [3.8, 4) is 5.75 Å². The average Bonchev–Trinajstić information content (AvgIpc) is 3.03. The van der Waals surface area contributed by atoms with Gasteiger partial charge in [0.15, 0.2) is 5.78 Å². The molecule has 162 valence electrons. The van der Waals surface area contributed by atoms with Gasteiger partial charge in [-0.2, -0.15) is 0 Å². The summed E-state index contributed by atoms with van der Waals surface area (Å²) in [6.45, 7) is 5.24. The van der Waals surface area contributed by atoms with Crippen LogP contribution in [0.5, 0.6) is 5.75 Å². The summed E-state index contributed by atoms with van der Waals surface area (Å²) in [6.07, 6.45) is 9.70. The maximum atomic E-state index is 12.6. The quantitative estimate of drug-likeness (QED) is 0.546. The Bertz CT molecular complexity index is 816. The van der Waals surface area contributed by atoms with Crippen molar-refractivity contribution in [1.29, 1.82) is 0 Å². The maximum Gasteiger partial charge on any atom is 0.226 e. The molecule has 0 aromatic heterocycles. The molecule has 1 atom stereocenters. The van der Waals surface area contributed by atoms with Crippen molar-refractivity contribution in [1.82, 2.24) is 5.32 Å². The third kappa shape index (κ3) is 5.51. The van der Waals surface area contributed by atoms with Crippen LogP contribution in [0, 0.1) is 5.92 Å². The molecule has 2 aliphatic rings. The second kappa shape index (κ2) is 11.0. The number of anilines is 1. The number of allylic oxidation sites excluding steroid dienone is 2. The number of carbonyl (C=O) groups excluding carboxylic acids is 2. The number of unbranched alkanes of at least 4 members (excludes halogenated alkanes) is 2. The van der Waals surface area contributed by atoms with Gasteiger partial charge in [-0.25, -0.2) is 0 Å². The molecule has 0 saturated carbocycles. The number of amides is 1. The van der Waals surface area contributed by atoms with Crippen molar-refractivity contribution in [2.45, 2.75) is 45.4 Å². The first-order valence-corrected chi connectivity index (χ1v) is 11.1. The minimum atomic E-state index is -0.571. The fourth-order valence-corrected chi connectivity index (χ4v) is 3.99. The lowest BCUT2D eigenvalue weighted by atomic mass is 9.95. The highest BCUT2D eigenvalue weighted by molar-refractivity contribution is 6.04. The maximum absolute atomic E-state index is 12.6. The molecule has 1 aromatic carbocycles. The SMILES string of the molecule is CCCCCNCCCOc1cccc(N2CC(C(N)=O)C3=C2C=CCCC3=O)c1. The molecule has 1 aliphatic carbocycles. The van der Waals surface area contributed by atoms with Crippen molar-refractivity contribution in [2.24, 2.45) is 11.7 Å². The van der Waals surface area contributed by atoms with Gasteiger partial charge in [0.05, 0.1) is 12.5 Å². The van der Waals surface area contributed by atoms with E-state index in [0.29, 0.717) is 31.6 Å². The van der Waals surface area contributed by atoms with Crippen LogP contribution >= 0.6 is 0 Å². The van der Waals surface area contributed by atoms with Gasteiger partial charge in [-0.05, 0) is 50.6 Å². The fourth-order valence-electron chi connectivity index (χ4n) is 3.99. The number of primary amides is 1. The molecule has 0 spiro atoms. The summed E-state index contributed by atoms with van der Waals surface area (Å²) in [5.41, 5.74) is 7.86. The number of rotatable bonds is 11. The van der Waals surface area contributed by atoms with Crippen molar-refractivity contribution >= 4 is 17.4 Å². The molecule has 30 heavy (non-hydrogen) atoms. The van der Waals surface area contributed by atoms with Crippen molar-refractivity contribution in [2.75, 3.05) is 31.1 Å². The number of ether oxygens (including phenoxy) is 1. The number of nitrogens with two attached hydrogens (primary N) is 1. The molecule has 1 aliphatic heterocycles. The smallest absolute Gasteiger partial charge is 0.226 e. The Morgan fingerprint density at radius 1 is 1.27 bits per heavy atom. The molecule has 1 heterocycles. The molecule has 3 rings (SSSR count). The molecule has 3 N–H and O–H groups in total. The number of Topliss-reactive ketones (excluding diaryl/α,β-unsaturated/α-hetero) is 1. The molecule has 6 nitrogen and oxygen atoms in total.